The Hall–Kier alpha value is -3.10. The molecule has 2 heterocycles. The highest BCUT2D eigenvalue weighted by molar-refractivity contribution is 7.16. The lowest BCUT2D eigenvalue weighted by Crippen LogP contribution is -2.48. The molecule has 0 amide bonds. The van der Waals surface area contributed by atoms with Gasteiger partial charge in [-0.25, -0.2) is 0 Å². The van der Waals surface area contributed by atoms with E-state index < -0.39 is 28.9 Å². The molecule has 0 radical (unpaired) electrons. The summed E-state index contributed by atoms with van der Waals surface area (Å²) < 4.78 is 93.9. The molecule has 5 unspecified atom stereocenters. The minimum Gasteiger partial charge on any atom is -0.194 e. The van der Waals surface area contributed by atoms with Gasteiger partial charge in [0, 0.05) is 30.7 Å². The second-order valence-corrected chi connectivity index (χ2v) is 18.6. The van der Waals surface area contributed by atoms with Crippen LogP contribution in [0.15, 0.2) is 72.3 Å². The van der Waals surface area contributed by atoms with E-state index >= 15 is 26.3 Å². The molecule has 2 bridgehead atoms. The summed E-state index contributed by atoms with van der Waals surface area (Å²) in [6, 6.07) is 18.3. The maximum absolute atomic E-state index is 15.9. The van der Waals surface area contributed by atoms with Crippen molar-refractivity contribution in [3.8, 4) is 20.9 Å². The Bertz CT molecular complexity index is 2040. The second kappa shape index (κ2) is 14.8. The first-order chi connectivity index (χ1) is 25.6. The van der Waals surface area contributed by atoms with E-state index in [1.165, 1.54) is 56.7 Å². The normalized spacial score (nSPS) is 25.3. The highest BCUT2D eigenvalue weighted by Gasteiger charge is 2.80. The third kappa shape index (κ3) is 6.55. The van der Waals surface area contributed by atoms with Gasteiger partial charge in [0.1, 0.15) is 0 Å². The van der Waals surface area contributed by atoms with Gasteiger partial charge in [-0.2, -0.15) is 26.3 Å². The third-order valence-corrected chi connectivity index (χ3v) is 14.9. The summed E-state index contributed by atoms with van der Waals surface area (Å²) in [4.78, 5) is 1.70. The zero-order chi connectivity index (χ0) is 38.7. The van der Waals surface area contributed by atoms with E-state index in [9.17, 15) is 0 Å². The summed E-state index contributed by atoms with van der Waals surface area (Å²) in [7, 11) is 0. The van der Waals surface area contributed by atoms with Gasteiger partial charge < -0.3 is 0 Å². The Morgan fingerprint density at radius 1 is 0.759 bits per heavy atom. The molecule has 0 saturated heterocycles. The lowest BCUT2D eigenvalue weighted by atomic mass is 9.71. The van der Waals surface area contributed by atoms with Crippen LogP contribution in [0.1, 0.15) is 98.2 Å². The largest absolute Gasteiger partial charge is 0.380 e. The topological polar surface area (TPSA) is 0 Å². The van der Waals surface area contributed by atoms with Crippen molar-refractivity contribution in [2.45, 2.75) is 111 Å². The van der Waals surface area contributed by atoms with E-state index in [2.05, 4.69) is 39.0 Å². The number of hydrogen-bond donors (Lipinski definition) is 0. The van der Waals surface area contributed by atoms with Crippen molar-refractivity contribution in [2.24, 2.45) is 29.6 Å². The van der Waals surface area contributed by atoms with Gasteiger partial charge in [0.05, 0.1) is 0 Å². The molecule has 2 fully saturated rings. The number of fused-ring (bicyclic) bond motifs is 2. The molecule has 2 saturated carbocycles. The Morgan fingerprint density at radius 2 is 1.28 bits per heavy atom. The van der Waals surface area contributed by atoms with Gasteiger partial charge in [-0.15, -0.1) is 22.7 Å². The van der Waals surface area contributed by atoms with E-state index in [1.807, 2.05) is 43.3 Å². The van der Waals surface area contributed by atoms with Crippen molar-refractivity contribution in [1.82, 2.24) is 0 Å². The molecule has 0 spiro atoms. The summed E-state index contributed by atoms with van der Waals surface area (Å²) in [6.45, 7) is 11.9. The Labute approximate surface area is 324 Å². The van der Waals surface area contributed by atoms with Crippen LogP contribution in [0.4, 0.5) is 26.3 Å². The SMILES string of the molecule is C/C=C1\CC2CC1C(CCc1ccc(-c3cc(C4=C(c5cc(-c6ccc(CC)cc6)sc5C)C(F)(F)C(F)(F)C4(F)F)c(C)s3)cc1)C2CC(C)CCC. The van der Waals surface area contributed by atoms with E-state index in [1.54, 1.807) is 12.5 Å². The number of thiophene rings is 2. The Kier molecular flexibility index (Phi) is 10.7. The van der Waals surface area contributed by atoms with Crippen LogP contribution in [0.2, 0.25) is 0 Å². The Balaban J connectivity index is 1.18. The van der Waals surface area contributed by atoms with Gasteiger partial charge in [-0.05, 0) is 134 Å². The number of rotatable bonds is 12. The molecule has 54 heavy (non-hydrogen) atoms. The highest BCUT2D eigenvalue weighted by atomic mass is 32.1. The quantitative estimate of drug-likeness (QED) is 0.0992. The van der Waals surface area contributed by atoms with Gasteiger partial charge in [-0.1, -0.05) is 93.8 Å². The molecule has 4 aromatic rings. The fourth-order valence-corrected chi connectivity index (χ4v) is 11.9. The standard InChI is InChI=1S/C46H50F6S2/c1-7-10-26(4)21-38-34-22-31(9-3)39(23-34)35(38)20-15-30-13-18-33(19-14-30)41-25-37(28(6)54-41)43-42(44(47,48)46(51,52)45(43,49)50)36-24-40(53-27(36)5)32-16-11-29(8-2)12-17-32/h9,11-14,16-19,24-26,34-35,38-39H,7-8,10,15,20-23H2,1-6H3/b31-9+. The van der Waals surface area contributed by atoms with Crippen LogP contribution >= 0.6 is 22.7 Å². The minimum absolute atomic E-state index is 0.255. The highest BCUT2D eigenvalue weighted by Crippen LogP contribution is 2.66. The van der Waals surface area contributed by atoms with Crippen LogP contribution in [0.3, 0.4) is 0 Å². The van der Waals surface area contributed by atoms with Crippen LogP contribution < -0.4 is 0 Å². The summed E-state index contributed by atoms with van der Waals surface area (Å²) in [5.74, 6) is -12.1. The number of aryl methyl sites for hydroxylation is 4. The number of benzene rings is 2. The van der Waals surface area contributed by atoms with Gasteiger partial charge in [0.2, 0.25) is 0 Å². The molecule has 8 heteroatoms. The van der Waals surface area contributed by atoms with Crippen molar-refractivity contribution < 1.29 is 26.3 Å². The zero-order valence-electron chi connectivity index (χ0n) is 32.0. The van der Waals surface area contributed by atoms with E-state index in [0.717, 1.165) is 70.8 Å². The average molecular weight is 781 g/mol. The third-order valence-electron chi connectivity index (χ3n) is 12.7. The van der Waals surface area contributed by atoms with Crippen molar-refractivity contribution in [2.75, 3.05) is 0 Å². The predicted octanol–water partition coefficient (Wildman–Crippen LogP) is 15.1. The molecule has 0 N–H and O–H groups in total. The van der Waals surface area contributed by atoms with Crippen LogP contribution in [-0.2, 0) is 12.8 Å². The number of hydrogen-bond acceptors (Lipinski definition) is 2. The number of allylic oxidation sites excluding steroid dienone is 4. The number of halogens is 6. The molecule has 5 atom stereocenters. The van der Waals surface area contributed by atoms with Crippen LogP contribution in [0.5, 0.6) is 0 Å². The first-order valence-corrected chi connectivity index (χ1v) is 21.2. The van der Waals surface area contributed by atoms with Crippen LogP contribution in [0.25, 0.3) is 32.0 Å². The van der Waals surface area contributed by atoms with Crippen molar-refractivity contribution >= 4 is 33.8 Å². The first kappa shape index (κ1) is 39.1. The second-order valence-electron chi connectivity index (χ2n) is 16.0. The van der Waals surface area contributed by atoms with E-state index in [0.29, 0.717) is 27.2 Å². The molecular weight excluding hydrogens is 731 g/mol. The van der Waals surface area contributed by atoms with Gasteiger partial charge in [-0.3, -0.25) is 0 Å². The molecule has 3 aliphatic rings. The maximum Gasteiger partial charge on any atom is 0.380 e. The lowest BCUT2D eigenvalue weighted by molar-refractivity contribution is -0.254. The van der Waals surface area contributed by atoms with Crippen molar-refractivity contribution in [3.05, 3.63) is 104 Å². The smallest absolute Gasteiger partial charge is 0.194 e. The molecular formula is C46H50F6S2. The van der Waals surface area contributed by atoms with Gasteiger partial charge in [0.15, 0.2) is 0 Å². The zero-order valence-corrected chi connectivity index (χ0v) is 33.6. The fourth-order valence-electron chi connectivity index (χ4n) is 9.88. The predicted molar refractivity (Wildman–Crippen MR) is 214 cm³/mol. The van der Waals surface area contributed by atoms with Gasteiger partial charge >= 0.3 is 17.8 Å². The molecule has 288 valence electrons. The van der Waals surface area contributed by atoms with Crippen molar-refractivity contribution in [1.29, 1.82) is 0 Å². The maximum atomic E-state index is 15.9. The van der Waals surface area contributed by atoms with E-state index in [4.69, 9.17) is 0 Å². The fraction of sp³-hybridized carbons (Fsp3) is 0.478. The van der Waals surface area contributed by atoms with E-state index in [-0.39, 0.29) is 20.9 Å². The van der Waals surface area contributed by atoms with Gasteiger partial charge in [0.25, 0.3) is 0 Å². The Morgan fingerprint density at radius 3 is 1.76 bits per heavy atom. The van der Waals surface area contributed by atoms with Crippen LogP contribution in [-0.4, -0.2) is 17.8 Å². The monoisotopic (exact) mass is 780 g/mol. The van der Waals surface area contributed by atoms with Crippen molar-refractivity contribution in [3.63, 3.8) is 0 Å². The summed E-state index contributed by atoms with van der Waals surface area (Å²) in [6.07, 6.45) is 11.5. The molecule has 7 rings (SSSR count). The molecule has 2 aromatic carbocycles. The lowest BCUT2D eigenvalue weighted by Gasteiger charge is -2.34. The molecule has 2 aromatic heterocycles. The summed E-state index contributed by atoms with van der Waals surface area (Å²) in [5.41, 5.74) is 2.27. The molecule has 3 aliphatic carbocycles. The minimum atomic E-state index is -5.60. The van der Waals surface area contributed by atoms with Crippen LogP contribution in [0, 0.1) is 43.4 Å². The molecule has 0 aliphatic heterocycles. The summed E-state index contributed by atoms with van der Waals surface area (Å²) in [5, 5.41) is 0. The first-order valence-electron chi connectivity index (χ1n) is 19.6. The average Bonchev–Trinajstić information content (AvgIpc) is 3.93. The number of alkyl halides is 6. The molecule has 0 nitrogen and oxygen atoms in total. The summed E-state index contributed by atoms with van der Waals surface area (Å²) >= 11 is 2.30.